The molecule has 1 aliphatic heterocycles. The van der Waals surface area contributed by atoms with Gasteiger partial charge in [0.25, 0.3) is 0 Å². The molecule has 1 aromatic rings. The molecule has 0 amide bonds. The van der Waals surface area contributed by atoms with Crippen molar-refractivity contribution in [3.05, 3.63) is 28.8 Å². The smallest absolute Gasteiger partial charge is 0.0900 e. The number of anilines is 1. The van der Waals surface area contributed by atoms with Crippen molar-refractivity contribution in [2.75, 3.05) is 44.2 Å². The van der Waals surface area contributed by atoms with Crippen LogP contribution in [0.3, 0.4) is 0 Å². The van der Waals surface area contributed by atoms with Gasteiger partial charge in [0.2, 0.25) is 0 Å². The summed E-state index contributed by atoms with van der Waals surface area (Å²) in [5.41, 5.74) is 2.89. The summed E-state index contributed by atoms with van der Waals surface area (Å²) in [7, 11) is 0. The molecule has 30 heavy (non-hydrogen) atoms. The van der Waals surface area contributed by atoms with Gasteiger partial charge in [-0.25, -0.2) is 0 Å². The number of nitrogens with zero attached hydrogens (tertiary/aromatic N) is 2. The summed E-state index contributed by atoms with van der Waals surface area (Å²) in [4.78, 5) is 4.75. The van der Waals surface area contributed by atoms with Gasteiger partial charge in [0, 0.05) is 43.4 Å². The Bertz CT molecular complexity index is 649. The van der Waals surface area contributed by atoms with Gasteiger partial charge in [-0.05, 0) is 61.6 Å². The lowest BCUT2D eigenvalue weighted by molar-refractivity contribution is -0.0446. The first-order valence-electron chi connectivity index (χ1n) is 11.3. The molecule has 2 fully saturated rings. The van der Waals surface area contributed by atoms with Crippen LogP contribution >= 0.6 is 24.0 Å². The number of aryl methyl sites for hydroxylation is 1. The zero-order valence-corrected chi connectivity index (χ0v) is 20.6. The van der Waals surface area contributed by atoms with E-state index in [9.17, 15) is 5.11 Å². The molecular weight excluding hydrogens is 419 g/mol. The molecule has 1 aliphatic carbocycles. The topological polar surface area (TPSA) is 35.9 Å². The number of rotatable bonds is 6. The van der Waals surface area contributed by atoms with Gasteiger partial charge >= 0.3 is 0 Å². The lowest BCUT2D eigenvalue weighted by Crippen LogP contribution is -2.49. The lowest BCUT2D eigenvalue weighted by atomic mass is 9.72. The molecule has 1 unspecified atom stereocenters. The molecular formula is C24H40Cl2N2O2. The van der Waals surface area contributed by atoms with Crippen molar-refractivity contribution in [1.29, 1.82) is 0 Å². The van der Waals surface area contributed by atoms with Crippen LogP contribution in [0, 0.1) is 18.3 Å². The highest BCUT2D eigenvalue weighted by molar-refractivity contribution is 6.30. The van der Waals surface area contributed by atoms with Crippen molar-refractivity contribution in [1.82, 2.24) is 4.90 Å². The predicted octanol–water partition coefficient (Wildman–Crippen LogP) is 5.17. The fourth-order valence-electron chi connectivity index (χ4n) is 4.79. The maximum absolute atomic E-state index is 10.5. The number of piperazine rings is 1. The second-order valence-corrected chi connectivity index (χ2v) is 10.5. The van der Waals surface area contributed by atoms with Crippen molar-refractivity contribution in [3.63, 3.8) is 0 Å². The highest BCUT2D eigenvalue weighted by Crippen LogP contribution is 2.38. The van der Waals surface area contributed by atoms with E-state index < -0.39 is 6.10 Å². The summed E-state index contributed by atoms with van der Waals surface area (Å²) in [6.07, 6.45) is 4.67. The van der Waals surface area contributed by atoms with Crippen LogP contribution in [0.15, 0.2) is 18.2 Å². The van der Waals surface area contributed by atoms with Gasteiger partial charge in [0.1, 0.15) is 0 Å². The van der Waals surface area contributed by atoms with E-state index in [4.69, 9.17) is 16.3 Å². The predicted molar refractivity (Wildman–Crippen MR) is 129 cm³/mol. The van der Waals surface area contributed by atoms with Crippen LogP contribution in [0.5, 0.6) is 0 Å². The standard InChI is InChI=1S/C24H39ClN2O2.ClH/c1-18-5-8-20(25)15-23(18)27-13-11-26(12-14-27)16-21(28)17-29-22-9-6-19(7-10-22)24(2,3)4;/h5,8,15,19,21-22,28H,6-7,9-14,16-17H2,1-4H3;1H. The molecule has 1 heterocycles. The number of hydrogen-bond donors (Lipinski definition) is 1. The first-order chi connectivity index (χ1) is 13.7. The van der Waals surface area contributed by atoms with Gasteiger partial charge in [-0.1, -0.05) is 38.4 Å². The second kappa shape index (κ2) is 11.4. The Balaban J connectivity index is 0.00000320. The summed E-state index contributed by atoms with van der Waals surface area (Å²) in [6.45, 7) is 14.2. The Labute approximate surface area is 194 Å². The van der Waals surface area contributed by atoms with Gasteiger partial charge in [0.15, 0.2) is 0 Å². The highest BCUT2D eigenvalue weighted by Gasteiger charge is 2.30. The number of aliphatic hydroxyl groups excluding tert-OH is 1. The maximum Gasteiger partial charge on any atom is 0.0900 e. The van der Waals surface area contributed by atoms with E-state index in [-0.39, 0.29) is 12.4 Å². The minimum absolute atomic E-state index is 0. The van der Waals surface area contributed by atoms with Crippen LogP contribution in [-0.2, 0) is 4.74 Å². The first kappa shape index (κ1) is 25.7. The number of hydrogen-bond acceptors (Lipinski definition) is 4. The van der Waals surface area contributed by atoms with Crippen LogP contribution in [0.2, 0.25) is 5.02 Å². The third-order valence-electron chi connectivity index (χ3n) is 6.78. The highest BCUT2D eigenvalue weighted by atomic mass is 35.5. The molecule has 1 N–H and O–H groups in total. The minimum atomic E-state index is -0.408. The van der Waals surface area contributed by atoms with E-state index in [1.165, 1.54) is 24.1 Å². The Morgan fingerprint density at radius 2 is 1.73 bits per heavy atom. The minimum Gasteiger partial charge on any atom is -0.389 e. The SMILES string of the molecule is Cc1ccc(Cl)cc1N1CCN(CC(O)COC2CCC(C(C)(C)C)CC2)CC1.Cl. The van der Waals surface area contributed by atoms with Crippen LogP contribution in [0.25, 0.3) is 0 Å². The van der Waals surface area contributed by atoms with E-state index in [1.807, 2.05) is 6.07 Å². The Hall–Kier alpha value is -0.520. The third-order valence-corrected chi connectivity index (χ3v) is 7.01. The second-order valence-electron chi connectivity index (χ2n) is 10.0. The van der Waals surface area contributed by atoms with Crippen LogP contribution < -0.4 is 4.90 Å². The van der Waals surface area contributed by atoms with E-state index in [0.29, 0.717) is 24.7 Å². The zero-order valence-electron chi connectivity index (χ0n) is 19.1. The number of benzene rings is 1. The van der Waals surface area contributed by atoms with E-state index >= 15 is 0 Å². The zero-order chi connectivity index (χ0) is 21.0. The molecule has 2 aliphatic rings. The summed E-state index contributed by atoms with van der Waals surface area (Å²) >= 11 is 6.18. The van der Waals surface area contributed by atoms with Crippen molar-refractivity contribution in [3.8, 4) is 0 Å². The van der Waals surface area contributed by atoms with E-state index in [1.54, 1.807) is 0 Å². The Kier molecular flexibility index (Phi) is 9.76. The van der Waals surface area contributed by atoms with Gasteiger partial charge < -0.3 is 14.7 Å². The molecule has 1 aromatic carbocycles. The van der Waals surface area contributed by atoms with Gasteiger partial charge in [-0.3, -0.25) is 4.90 Å². The molecule has 0 spiro atoms. The fourth-order valence-corrected chi connectivity index (χ4v) is 4.95. The van der Waals surface area contributed by atoms with Gasteiger partial charge in [-0.2, -0.15) is 0 Å². The Morgan fingerprint density at radius 3 is 2.33 bits per heavy atom. The van der Waals surface area contributed by atoms with Crippen LogP contribution in [-0.4, -0.2) is 61.5 Å². The molecule has 1 atom stereocenters. The van der Waals surface area contributed by atoms with Crippen molar-refractivity contribution >= 4 is 29.7 Å². The number of halogens is 2. The quantitative estimate of drug-likeness (QED) is 0.637. The van der Waals surface area contributed by atoms with Gasteiger partial charge in [-0.15, -0.1) is 12.4 Å². The average molecular weight is 460 g/mol. The number of ether oxygens (including phenoxy) is 1. The molecule has 0 aromatic heterocycles. The molecule has 0 radical (unpaired) electrons. The van der Waals surface area contributed by atoms with Crippen LogP contribution in [0.1, 0.15) is 52.0 Å². The lowest BCUT2D eigenvalue weighted by Gasteiger charge is -2.38. The van der Waals surface area contributed by atoms with Crippen molar-refractivity contribution in [2.45, 2.75) is 65.6 Å². The molecule has 1 saturated carbocycles. The molecule has 172 valence electrons. The van der Waals surface area contributed by atoms with Gasteiger partial charge in [0.05, 0.1) is 18.8 Å². The van der Waals surface area contributed by atoms with E-state index in [0.717, 1.165) is 50.0 Å². The molecule has 6 heteroatoms. The monoisotopic (exact) mass is 458 g/mol. The molecule has 3 rings (SSSR count). The first-order valence-corrected chi connectivity index (χ1v) is 11.6. The fraction of sp³-hybridized carbons (Fsp3) is 0.750. The van der Waals surface area contributed by atoms with Crippen molar-refractivity contribution < 1.29 is 9.84 Å². The largest absolute Gasteiger partial charge is 0.389 e. The van der Waals surface area contributed by atoms with E-state index in [2.05, 4.69) is 49.6 Å². The normalized spacial score (nSPS) is 24.4. The maximum atomic E-state index is 10.5. The summed E-state index contributed by atoms with van der Waals surface area (Å²) in [5.74, 6) is 0.798. The Morgan fingerprint density at radius 1 is 1.10 bits per heavy atom. The third kappa shape index (κ3) is 7.27. The number of aliphatic hydroxyl groups is 1. The summed E-state index contributed by atoms with van der Waals surface area (Å²) in [6, 6.07) is 6.09. The molecule has 1 saturated heterocycles. The molecule has 4 nitrogen and oxygen atoms in total. The number of β-amino-alcohol motifs (C(OH)–C–C–N with tert-alkyl or cyclic N) is 1. The average Bonchev–Trinajstić information content (AvgIpc) is 2.68. The molecule has 0 bridgehead atoms. The summed E-state index contributed by atoms with van der Waals surface area (Å²) in [5, 5.41) is 11.3. The van der Waals surface area contributed by atoms with Crippen LogP contribution in [0.4, 0.5) is 5.69 Å². The van der Waals surface area contributed by atoms with Crippen molar-refractivity contribution in [2.24, 2.45) is 11.3 Å². The summed E-state index contributed by atoms with van der Waals surface area (Å²) < 4.78 is 6.06.